The molecule has 0 aliphatic heterocycles. The lowest BCUT2D eigenvalue weighted by Gasteiger charge is -2.30. The average molecular weight is 277 g/mol. The number of hydrogen-bond acceptors (Lipinski definition) is 3. The Hall–Kier alpha value is -1.13. The molecule has 104 valence electrons. The molecule has 0 aliphatic rings. The third kappa shape index (κ3) is 2.90. The summed E-state index contributed by atoms with van der Waals surface area (Å²) in [6.45, 7) is 9.87. The molecule has 0 aromatic carbocycles. The topological polar surface area (TPSA) is 29.9 Å². The minimum atomic E-state index is -0.0674. The van der Waals surface area contributed by atoms with E-state index in [2.05, 4.69) is 60.1 Å². The zero-order valence-corrected chi connectivity index (χ0v) is 13.2. The lowest BCUT2D eigenvalue weighted by Crippen LogP contribution is -2.37. The maximum Gasteiger partial charge on any atom is 0.0949 e. The molecule has 0 saturated heterocycles. The summed E-state index contributed by atoms with van der Waals surface area (Å²) in [6.07, 6.45) is 3.89. The first-order valence-corrected chi connectivity index (χ1v) is 7.48. The normalized spacial score (nSPS) is 12.9. The highest BCUT2D eigenvalue weighted by Crippen LogP contribution is 2.30. The van der Waals surface area contributed by atoms with E-state index in [4.69, 9.17) is 0 Å². The molecule has 1 N–H and O–H groups in total. The van der Waals surface area contributed by atoms with Crippen LogP contribution in [0.1, 0.15) is 38.3 Å². The highest BCUT2D eigenvalue weighted by molar-refractivity contribution is 7.10. The van der Waals surface area contributed by atoms with Gasteiger partial charge in [0.15, 0.2) is 0 Å². The van der Waals surface area contributed by atoms with Crippen molar-refractivity contribution in [3.63, 3.8) is 0 Å². The molecule has 0 amide bonds. The van der Waals surface area contributed by atoms with Crippen molar-refractivity contribution in [2.45, 2.75) is 45.2 Å². The van der Waals surface area contributed by atoms with Gasteiger partial charge in [-0.15, -0.1) is 11.3 Å². The van der Waals surface area contributed by atoms with E-state index in [0.717, 1.165) is 6.54 Å². The van der Waals surface area contributed by atoms with Crippen LogP contribution in [0.5, 0.6) is 0 Å². The van der Waals surface area contributed by atoms with Crippen LogP contribution in [0.15, 0.2) is 30.0 Å². The second kappa shape index (κ2) is 5.10. The van der Waals surface area contributed by atoms with E-state index in [0.29, 0.717) is 0 Å². The second-order valence-electron chi connectivity index (χ2n) is 6.14. The fourth-order valence-electron chi connectivity index (χ4n) is 2.26. The zero-order chi connectivity index (χ0) is 14.1. The third-order valence-corrected chi connectivity index (χ3v) is 4.97. The number of rotatable bonds is 5. The molecule has 0 fully saturated rings. The summed E-state index contributed by atoms with van der Waals surface area (Å²) in [5.74, 6) is 0. The van der Waals surface area contributed by atoms with E-state index in [-0.39, 0.29) is 11.0 Å². The van der Waals surface area contributed by atoms with E-state index in [1.54, 1.807) is 0 Å². The Labute approximate surface area is 119 Å². The molecule has 0 atom stereocenters. The number of nitrogens with one attached hydrogen (secondary N) is 1. The quantitative estimate of drug-likeness (QED) is 0.908. The van der Waals surface area contributed by atoms with Crippen molar-refractivity contribution in [2.24, 2.45) is 0 Å². The minimum absolute atomic E-state index is 0.0674. The third-order valence-electron chi connectivity index (χ3n) is 3.73. The van der Waals surface area contributed by atoms with Crippen LogP contribution in [-0.4, -0.2) is 16.6 Å². The van der Waals surface area contributed by atoms with Crippen molar-refractivity contribution in [3.05, 3.63) is 40.6 Å². The van der Waals surface area contributed by atoms with Crippen LogP contribution >= 0.6 is 11.3 Å². The summed E-state index contributed by atoms with van der Waals surface area (Å²) < 4.78 is 2.26. The van der Waals surface area contributed by atoms with Crippen molar-refractivity contribution < 1.29 is 0 Å². The van der Waals surface area contributed by atoms with E-state index >= 15 is 0 Å². The molecule has 0 radical (unpaired) electrons. The number of thiophene rings is 1. The van der Waals surface area contributed by atoms with Gasteiger partial charge in [0.1, 0.15) is 0 Å². The fraction of sp³-hybridized carbons (Fsp3) is 0.533. The van der Waals surface area contributed by atoms with Crippen LogP contribution in [0.2, 0.25) is 0 Å². The molecule has 19 heavy (non-hydrogen) atoms. The van der Waals surface area contributed by atoms with Gasteiger partial charge >= 0.3 is 0 Å². The number of nitrogens with zero attached hydrogens (tertiary/aromatic N) is 2. The molecule has 0 unspecified atom stereocenters. The smallest absolute Gasteiger partial charge is 0.0949 e. The van der Waals surface area contributed by atoms with Gasteiger partial charge in [-0.1, -0.05) is 19.9 Å². The van der Waals surface area contributed by atoms with Crippen LogP contribution in [0.4, 0.5) is 0 Å². The predicted molar refractivity (Wildman–Crippen MR) is 81.7 cm³/mol. The standard InChI is InChI=1S/C15H23N3S/c1-14(2,13-7-6-8-19-13)10-18-11-17-9-12(18)15(3,4)16-5/h6-9,11,16H,10H2,1-5H3. The Morgan fingerprint density at radius 2 is 2.05 bits per heavy atom. The van der Waals surface area contributed by atoms with Gasteiger partial charge in [-0.05, 0) is 32.3 Å². The first-order chi connectivity index (χ1) is 8.87. The van der Waals surface area contributed by atoms with Gasteiger partial charge in [-0.25, -0.2) is 4.98 Å². The Morgan fingerprint density at radius 1 is 1.32 bits per heavy atom. The van der Waals surface area contributed by atoms with E-state index < -0.39 is 0 Å². The monoisotopic (exact) mass is 277 g/mol. The van der Waals surface area contributed by atoms with E-state index in [1.807, 2.05) is 30.9 Å². The molecule has 0 aliphatic carbocycles. The minimum Gasteiger partial charge on any atom is -0.332 e. The summed E-state index contributed by atoms with van der Waals surface area (Å²) in [5, 5.41) is 5.49. The van der Waals surface area contributed by atoms with Crippen LogP contribution in [0, 0.1) is 0 Å². The van der Waals surface area contributed by atoms with E-state index in [9.17, 15) is 0 Å². The summed E-state index contributed by atoms with van der Waals surface area (Å²) >= 11 is 1.82. The summed E-state index contributed by atoms with van der Waals surface area (Å²) in [5.41, 5.74) is 1.27. The maximum absolute atomic E-state index is 4.33. The molecule has 0 bridgehead atoms. The molecule has 4 heteroatoms. The largest absolute Gasteiger partial charge is 0.332 e. The Morgan fingerprint density at radius 3 is 2.63 bits per heavy atom. The number of aromatic nitrogens is 2. The Balaban J connectivity index is 2.28. The molecular formula is C15H23N3S. The van der Waals surface area contributed by atoms with Crippen LogP contribution in [0.3, 0.4) is 0 Å². The first kappa shape index (κ1) is 14.3. The molecule has 2 heterocycles. The summed E-state index contributed by atoms with van der Waals surface area (Å²) in [4.78, 5) is 5.74. The Kier molecular flexibility index (Phi) is 3.83. The SMILES string of the molecule is CNC(C)(C)c1cncn1CC(C)(C)c1cccs1. The van der Waals surface area contributed by atoms with Gasteiger partial charge in [0.2, 0.25) is 0 Å². The molecule has 2 rings (SSSR count). The highest BCUT2D eigenvalue weighted by atomic mass is 32.1. The van der Waals surface area contributed by atoms with Crippen LogP contribution < -0.4 is 5.32 Å². The highest BCUT2D eigenvalue weighted by Gasteiger charge is 2.27. The predicted octanol–water partition coefficient (Wildman–Crippen LogP) is 3.38. The molecule has 0 spiro atoms. The van der Waals surface area contributed by atoms with Gasteiger partial charge in [0.05, 0.1) is 17.6 Å². The molecule has 3 nitrogen and oxygen atoms in total. The maximum atomic E-state index is 4.33. The summed E-state index contributed by atoms with van der Waals surface area (Å²) in [7, 11) is 1.99. The van der Waals surface area contributed by atoms with Gasteiger partial charge in [-0.2, -0.15) is 0 Å². The van der Waals surface area contributed by atoms with Crippen molar-refractivity contribution in [1.29, 1.82) is 0 Å². The summed E-state index contributed by atoms with van der Waals surface area (Å²) in [6, 6.07) is 4.33. The number of hydrogen-bond donors (Lipinski definition) is 1. The van der Waals surface area contributed by atoms with E-state index in [1.165, 1.54) is 10.6 Å². The van der Waals surface area contributed by atoms with Crippen molar-refractivity contribution in [3.8, 4) is 0 Å². The second-order valence-corrected chi connectivity index (χ2v) is 7.09. The molecular weight excluding hydrogens is 254 g/mol. The lowest BCUT2D eigenvalue weighted by atomic mass is 9.90. The Bertz CT molecular complexity index is 523. The zero-order valence-electron chi connectivity index (χ0n) is 12.4. The molecule has 2 aromatic rings. The first-order valence-electron chi connectivity index (χ1n) is 6.60. The fourth-order valence-corrected chi connectivity index (χ4v) is 3.11. The van der Waals surface area contributed by atoms with Crippen LogP contribution in [-0.2, 0) is 17.5 Å². The van der Waals surface area contributed by atoms with Gasteiger partial charge in [0.25, 0.3) is 0 Å². The molecule has 2 aromatic heterocycles. The van der Waals surface area contributed by atoms with Crippen molar-refractivity contribution in [1.82, 2.24) is 14.9 Å². The lowest BCUT2D eigenvalue weighted by molar-refractivity contribution is 0.373. The van der Waals surface area contributed by atoms with Gasteiger partial charge < -0.3 is 9.88 Å². The van der Waals surface area contributed by atoms with Crippen molar-refractivity contribution >= 4 is 11.3 Å². The average Bonchev–Trinajstić information content (AvgIpc) is 2.98. The molecule has 0 saturated carbocycles. The van der Waals surface area contributed by atoms with Gasteiger partial charge in [0, 0.05) is 23.0 Å². The number of imidazole rings is 1. The van der Waals surface area contributed by atoms with Gasteiger partial charge in [-0.3, -0.25) is 0 Å². The van der Waals surface area contributed by atoms with Crippen molar-refractivity contribution in [2.75, 3.05) is 7.05 Å². The van der Waals surface area contributed by atoms with Crippen LogP contribution in [0.25, 0.3) is 0 Å².